The van der Waals surface area contributed by atoms with E-state index in [1.807, 2.05) is 72.8 Å². The molecule has 2 heterocycles. The first kappa shape index (κ1) is 19.4. The van der Waals surface area contributed by atoms with Crippen LogP contribution in [-0.4, -0.2) is 15.9 Å². The monoisotopic (exact) mass is 399 g/mol. The summed E-state index contributed by atoms with van der Waals surface area (Å²) in [5, 5.41) is 2.89. The third kappa shape index (κ3) is 5.32. The van der Waals surface area contributed by atoms with Crippen LogP contribution in [0.3, 0.4) is 0 Å². The van der Waals surface area contributed by atoms with Gasteiger partial charge < -0.3 is 14.5 Å². The standard InChI is InChI=1S/C24H21N3O3/c28-22(14-21-17-30-24(27-21)20-9-5-2-6-10-20)26-15-19-11-12-25-23(13-19)29-16-18-7-3-1-4-8-18/h1-13,17H,14-16H2,(H,26,28). The summed E-state index contributed by atoms with van der Waals surface area (Å²) >= 11 is 0. The second-order valence-corrected chi connectivity index (χ2v) is 6.74. The maximum absolute atomic E-state index is 12.3. The Balaban J connectivity index is 1.28. The zero-order valence-electron chi connectivity index (χ0n) is 16.3. The first-order valence-electron chi connectivity index (χ1n) is 9.64. The molecule has 1 N–H and O–H groups in total. The highest BCUT2D eigenvalue weighted by molar-refractivity contribution is 5.78. The number of pyridine rings is 1. The Kier molecular flexibility index (Phi) is 6.15. The molecule has 4 aromatic rings. The average molecular weight is 399 g/mol. The number of carbonyl (C=O) groups is 1. The maximum atomic E-state index is 12.3. The van der Waals surface area contributed by atoms with Crippen molar-refractivity contribution in [1.82, 2.24) is 15.3 Å². The van der Waals surface area contributed by atoms with E-state index in [4.69, 9.17) is 9.15 Å². The van der Waals surface area contributed by atoms with Gasteiger partial charge in [-0.1, -0.05) is 48.5 Å². The van der Waals surface area contributed by atoms with Gasteiger partial charge in [-0.05, 0) is 29.3 Å². The Bertz CT molecular complexity index is 1090. The zero-order chi connectivity index (χ0) is 20.6. The topological polar surface area (TPSA) is 77.3 Å². The molecule has 0 radical (unpaired) electrons. The summed E-state index contributed by atoms with van der Waals surface area (Å²) in [5.41, 5.74) is 3.45. The fraction of sp³-hybridized carbons (Fsp3) is 0.125. The average Bonchev–Trinajstić information content (AvgIpc) is 3.26. The van der Waals surface area contributed by atoms with Crippen molar-refractivity contribution in [1.29, 1.82) is 0 Å². The van der Waals surface area contributed by atoms with Gasteiger partial charge in [-0.3, -0.25) is 4.79 Å². The molecule has 6 heteroatoms. The zero-order valence-corrected chi connectivity index (χ0v) is 16.3. The normalized spacial score (nSPS) is 10.5. The Hall–Kier alpha value is -3.93. The number of oxazole rings is 1. The van der Waals surface area contributed by atoms with Gasteiger partial charge in [-0.15, -0.1) is 0 Å². The maximum Gasteiger partial charge on any atom is 0.226 e. The van der Waals surface area contributed by atoms with E-state index in [1.54, 1.807) is 6.20 Å². The van der Waals surface area contributed by atoms with E-state index in [0.29, 0.717) is 30.6 Å². The van der Waals surface area contributed by atoms with Crippen molar-refractivity contribution in [3.63, 3.8) is 0 Å². The third-order valence-electron chi connectivity index (χ3n) is 4.43. The minimum Gasteiger partial charge on any atom is -0.473 e. The highest BCUT2D eigenvalue weighted by Crippen LogP contribution is 2.18. The molecule has 2 aromatic heterocycles. The second-order valence-electron chi connectivity index (χ2n) is 6.74. The SMILES string of the molecule is O=C(Cc1coc(-c2ccccc2)n1)NCc1ccnc(OCc2ccccc2)c1. The van der Waals surface area contributed by atoms with Crippen LogP contribution in [0.25, 0.3) is 11.5 Å². The second kappa shape index (κ2) is 9.52. The lowest BCUT2D eigenvalue weighted by Gasteiger charge is -2.08. The number of hydrogen-bond acceptors (Lipinski definition) is 5. The molecule has 2 aromatic carbocycles. The van der Waals surface area contributed by atoms with Crippen LogP contribution in [0, 0.1) is 0 Å². The number of rotatable bonds is 8. The van der Waals surface area contributed by atoms with E-state index in [-0.39, 0.29) is 12.3 Å². The summed E-state index contributed by atoms with van der Waals surface area (Å²) in [6.45, 7) is 0.825. The van der Waals surface area contributed by atoms with Crippen LogP contribution in [0.5, 0.6) is 5.88 Å². The lowest BCUT2D eigenvalue weighted by Crippen LogP contribution is -2.24. The van der Waals surface area contributed by atoms with Crippen molar-refractivity contribution in [2.24, 2.45) is 0 Å². The highest BCUT2D eigenvalue weighted by Gasteiger charge is 2.10. The van der Waals surface area contributed by atoms with E-state index in [0.717, 1.165) is 16.7 Å². The van der Waals surface area contributed by atoms with Gasteiger partial charge in [-0.2, -0.15) is 0 Å². The molecule has 0 unspecified atom stereocenters. The van der Waals surface area contributed by atoms with Gasteiger partial charge >= 0.3 is 0 Å². The van der Waals surface area contributed by atoms with Crippen LogP contribution < -0.4 is 10.1 Å². The van der Waals surface area contributed by atoms with Crippen LogP contribution in [0.2, 0.25) is 0 Å². The van der Waals surface area contributed by atoms with Gasteiger partial charge in [0.1, 0.15) is 12.9 Å². The number of nitrogens with one attached hydrogen (secondary N) is 1. The number of hydrogen-bond donors (Lipinski definition) is 1. The lowest BCUT2D eigenvalue weighted by atomic mass is 10.2. The molecule has 0 bridgehead atoms. The van der Waals surface area contributed by atoms with E-state index < -0.39 is 0 Å². The van der Waals surface area contributed by atoms with Crippen molar-refractivity contribution in [2.75, 3.05) is 0 Å². The molecule has 0 atom stereocenters. The largest absolute Gasteiger partial charge is 0.473 e. The first-order chi connectivity index (χ1) is 14.8. The summed E-state index contributed by atoms with van der Waals surface area (Å²) in [7, 11) is 0. The number of amides is 1. The Morgan fingerprint density at radius 2 is 1.73 bits per heavy atom. The van der Waals surface area contributed by atoms with E-state index >= 15 is 0 Å². The van der Waals surface area contributed by atoms with Crippen LogP contribution in [-0.2, 0) is 24.4 Å². The lowest BCUT2D eigenvalue weighted by molar-refractivity contribution is -0.120. The molecular weight excluding hydrogens is 378 g/mol. The van der Waals surface area contributed by atoms with Crippen molar-refractivity contribution in [3.8, 4) is 17.3 Å². The molecule has 4 rings (SSSR count). The Morgan fingerprint density at radius 1 is 0.967 bits per heavy atom. The van der Waals surface area contributed by atoms with Crippen LogP contribution in [0.4, 0.5) is 0 Å². The summed E-state index contributed by atoms with van der Waals surface area (Å²) < 4.78 is 11.2. The molecular formula is C24H21N3O3. The number of nitrogens with zero attached hydrogens (tertiary/aromatic N) is 2. The summed E-state index contributed by atoms with van der Waals surface area (Å²) in [6, 6.07) is 23.2. The fourth-order valence-electron chi connectivity index (χ4n) is 2.90. The number of aromatic nitrogens is 2. The molecule has 150 valence electrons. The number of ether oxygens (including phenoxy) is 1. The van der Waals surface area contributed by atoms with Crippen molar-refractivity contribution in [2.45, 2.75) is 19.6 Å². The van der Waals surface area contributed by atoms with Gasteiger partial charge in [0.25, 0.3) is 0 Å². The first-order valence-corrected chi connectivity index (χ1v) is 9.64. The fourth-order valence-corrected chi connectivity index (χ4v) is 2.90. The van der Waals surface area contributed by atoms with E-state index in [9.17, 15) is 4.79 Å². The molecule has 0 aliphatic carbocycles. The van der Waals surface area contributed by atoms with Gasteiger partial charge in [0.2, 0.25) is 17.7 Å². The minimum atomic E-state index is -0.133. The van der Waals surface area contributed by atoms with Gasteiger partial charge in [0, 0.05) is 24.4 Å². The molecule has 0 fully saturated rings. The smallest absolute Gasteiger partial charge is 0.226 e. The van der Waals surface area contributed by atoms with Gasteiger partial charge in [0.15, 0.2) is 0 Å². The summed E-state index contributed by atoms with van der Waals surface area (Å²) in [4.78, 5) is 20.9. The quantitative estimate of drug-likeness (QED) is 0.481. The molecule has 0 aliphatic rings. The van der Waals surface area contributed by atoms with Gasteiger partial charge in [-0.25, -0.2) is 9.97 Å². The van der Waals surface area contributed by atoms with Crippen LogP contribution in [0.15, 0.2) is 89.7 Å². The predicted octanol–water partition coefficient (Wildman–Crippen LogP) is 4.17. The molecule has 0 saturated heterocycles. The molecule has 0 spiro atoms. The Labute approximate surface area is 174 Å². The van der Waals surface area contributed by atoms with Crippen molar-refractivity contribution >= 4 is 5.91 Å². The van der Waals surface area contributed by atoms with Gasteiger partial charge in [0.05, 0.1) is 12.1 Å². The number of benzene rings is 2. The van der Waals surface area contributed by atoms with E-state index in [1.165, 1.54) is 6.26 Å². The third-order valence-corrected chi connectivity index (χ3v) is 4.43. The summed E-state index contributed by atoms with van der Waals surface area (Å²) in [6.07, 6.45) is 3.34. The van der Waals surface area contributed by atoms with Crippen molar-refractivity contribution in [3.05, 3.63) is 102 Å². The summed E-state index contributed by atoms with van der Waals surface area (Å²) in [5.74, 6) is 0.897. The van der Waals surface area contributed by atoms with Crippen LogP contribution >= 0.6 is 0 Å². The molecule has 6 nitrogen and oxygen atoms in total. The number of carbonyl (C=O) groups excluding carboxylic acids is 1. The highest BCUT2D eigenvalue weighted by atomic mass is 16.5. The molecule has 0 aliphatic heterocycles. The molecule has 30 heavy (non-hydrogen) atoms. The predicted molar refractivity (Wildman–Crippen MR) is 113 cm³/mol. The van der Waals surface area contributed by atoms with Crippen molar-refractivity contribution < 1.29 is 13.9 Å². The Morgan fingerprint density at radius 3 is 2.53 bits per heavy atom. The minimum absolute atomic E-state index is 0.133. The van der Waals surface area contributed by atoms with Crippen LogP contribution in [0.1, 0.15) is 16.8 Å². The molecule has 0 saturated carbocycles. The molecule has 1 amide bonds. The van der Waals surface area contributed by atoms with E-state index in [2.05, 4.69) is 15.3 Å².